The molecule has 1 aromatic heterocycles. The molecule has 0 fully saturated rings. The summed E-state index contributed by atoms with van der Waals surface area (Å²) in [5.41, 5.74) is 3.47. The molecule has 0 unspecified atom stereocenters. The zero-order valence-corrected chi connectivity index (χ0v) is 9.36. The predicted molar refractivity (Wildman–Crippen MR) is 65.3 cm³/mol. The second-order valence-electron chi connectivity index (χ2n) is 3.68. The second-order valence-corrected chi connectivity index (χ2v) is 3.68. The van der Waals surface area contributed by atoms with Crippen LogP contribution in [0.2, 0.25) is 0 Å². The Kier molecular flexibility index (Phi) is 3.62. The first-order valence-electron chi connectivity index (χ1n) is 5.32. The van der Waals surface area contributed by atoms with Crippen molar-refractivity contribution in [2.75, 3.05) is 12.4 Å². The van der Waals surface area contributed by atoms with E-state index in [2.05, 4.69) is 34.6 Å². The molecule has 0 aliphatic rings. The van der Waals surface area contributed by atoms with Gasteiger partial charge in [-0.3, -0.25) is 0 Å². The van der Waals surface area contributed by atoms with Gasteiger partial charge in [0.15, 0.2) is 0 Å². The number of aromatic nitrogens is 1. The number of aromatic amines is 1. The van der Waals surface area contributed by atoms with Gasteiger partial charge in [0.25, 0.3) is 0 Å². The number of benzene rings is 1. The first kappa shape index (κ1) is 10.8. The summed E-state index contributed by atoms with van der Waals surface area (Å²) in [5, 5.41) is 3.36. The van der Waals surface area contributed by atoms with Crippen LogP contribution in [0.15, 0.2) is 42.6 Å². The van der Waals surface area contributed by atoms with E-state index in [1.807, 2.05) is 18.3 Å². The SMILES string of the molecule is COCc1cccc(NCc2ccc[nH]2)c1. The van der Waals surface area contributed by atoms with Crippen LogP contribution in [0.4, 0.5) is 5.69 Å². The molecular formula is C13H16N2O. The van der Waals surface area contributed by atoms with Gasteiger partial charge in [0, 0.05) is 24.7 Å². The van der Waals surface area contributed by atoms with Gasteiger partial charge in [-0.15, -0.1) is 0 Å². The van der Waals surface area contributed by atoms with Gasteiger partial charge in [0.05, 0.1) is 13.2 Å². The number of ether oxygens (including phenoxy) is 1. The third-order valence-electron chi connectivity index (χ3n) is 2.38. The highest BCUT2D eigenvalue weighted by atomic mass is 16.5. The standard InChI is InChI=1S/C13H16N2O/c1-16-10-11-4-2-5-12(8-11)15-9-13-6-3-7-14-13/h2-8,14-15H,9-10H2,1H3. The van der Waals surface area contributed by atoms with Crippen molar-refractivity contribution in [1.82, 2.24) is 4.98 Å². The van der Waals surface area contributed by atoms with E-state index in [0.29, 0.717) is 6.61 Å². The summed E-state index contributed by atoms with van der Waals surface area (Å²) < 4.78 is 5.10. The van der Waals surface area contributed by atoms with Crippen molar-refractivity contribution in [2.45, 2.75) is 13.2 Å². The van der Waals surface area contributed by atoms with Gasteiger partial charge in [-0.2, -0.15) is 0 Å². The Balaban J connectivity index is 1.96. The van der Waals surface area contributed by atoms with Gasteiger partial charge in [0.2, 0.25) is 0 Å². The molecule has 1 heterocycles. The molecule has 2 aromatic rings. The first-order chi connectivity index (χ1) is 7.88. The van der Waals surface area contributed by atoms with Crippen molar-refractivity contribution >= 4 is 5.69 Å². The van der Waals surface area contributed by atoms with Gasteiger partial charge >= 0.3 is 0 Å². The maximum atomic E-state index is 5.10. The summed E-state index contributed by atoms with van der Waals surface area (Å²) >= 11 is 0. The van der Waals surface area contributed by atoms with Gasteiger partial charge in [-0.1, -0.05) is 12.1 Å². The molecule has 0 amide bonds. The van der Waals surface area contributed by atoms with Crippen LogP contribution in [0.1, 0.15) is 11.3 Å². The van der Waals surface area contributed by atoms with E-state index < -0.39 is 0 Å². The summed E-state index contributed by atoms with van der Waals surface area (Å²) in [6.45, 7) is 1.46. The highest BCUT2D eigenvalue weighted by Crippen LogP contribution is 2.12. The highest BCUT2D eigenvalue weighted by molar-refractivity contribution is 5.45. The number of H-pyrrole nitrogens is 1. The van der Waals surface area contributed by atoms with Crippen molar-refractivity contribution in [3.05, 3.63) is 53.9 Å². The molecule has 3 heteroatoms. The van der Waals surface area contributed by atoms with Crippen molar-refractivity contribution in [3.63, 3.8) is 0 Å². The lowest BCUT2D eigenvalue weighted by molar-refractivity contribution is 0.185. The molecular weight excluding hydrogens is 200 g/mol. The zero-order valence-electron chi connectivity index (χ0n) is 9.36. The van der Waals surface area contributed by atoms with E-state index >= 15 is 0 Å². The number of nitrogens with one attached hydrogen (secondary N) is 2. The lowest BCUT2D eigenvalue weighted by Crippen LogP contribution is -2.00. The summed E-state index contributed by atoms with van der Waals surface area (Å²) in [6.07, 6.45) is 1.93. The number of hydrogen-bond acceptors (Lipinski definition) is 2. The topological polar surface area (TPSA) is 37.0 Å². The minimum absolute atomic E-state index is 0.651. The lowest BCUT2D eigenvalue weighted by atomic mass is 10.2. The molecule has 0 atom stereocenters. The van der Waals surface area contributed by atoms with E-state index in [1.54, 1.807) is 7.11 Å². The molecule has 0 aliphatic heterocycles. The van der Waals surface area contributed by atoms with E-state index in [1.165, 1.54) is 11.3 Å². The smallest absolute Gasteiger partial charge is 0.0713 e. The molecule has 3 nitrogen and oxygen atoms in total. The van der Waals surface area contributed by atoms with Gasteiger partial charge in [-0.25, -0.2) is 0 Å². The van der Waals surface area contributed by atoms with E-state index in [9.17, 15) is 0 Å². The number of anilines is 1. The van der Waals surface area contributed by atoms with Crippen molar-refractivity contribution < 1.29 is 4.74 Å². The van der Waals surface area contributed by atoms with E-state index in [-0.39, 0.29) is 0 Å². The summed E-state index contributed by atoms with van der Waals surface area (Å²) in [6, 6.07) is 12.3. The monoisotopic (exact) mass is 216 g/mol. The fourth-order valence-electron chi connectivity index (χ4n) is 1.61. The summed E-state index contributed by atoms with van der Waals surface area (Å²) in [7, 11) is 1.71. The van der Waals surface area contributed by atoms with Crippen LogP contribution >= 0.6 is 0 Å². The second kappa shape index (κ2) is 5.37. The van der Waals surface area contributed by atoms with Crippen molar-refractivity contribution in [2.24, 2.45) is 0 Å². The highest BCUT2D eigenvalue weighted by Gasteiger charge is 1.96. The molecule has 0 aliphatic carbocycles. The molecule has 0 saturated heterocycles. The number of rotatable bonds is 5. The molecule has 0 radical (unpaired) electrons. The average molecular weight is 216 g/mol. The van der Waals surface area contributed by atoms with E-state index in [4.69, 9.17) is 4.74 Å². The third kappa shape index (κ3) is 2.87. The molecule has 0 bridgehead atoms. The Labute approximate surface area is 95.5 Å². The largest absolute Gasteiger partial charge is 0.380 e. The minimum Gasteiger partial charge on any atom is -0.380 e. The molecule has 16 heavy (non-hydrogen) atoms. The molecule has 0 spiro atoms. The number of methoxy groups -OCH3 is 1. The van der Waals surface area contributed by atoms with Crippen molar-refractivity contribution in [1.29, 1.82) is 0 Å². The zero-order chi connectivity index (χ0) is 11.2. The number of hydrogen-bond donors (Lipinski definition) is 2. The Morgan fingerprint density at radius 3 is 2.94 bits per heavy atom. The Morgan fingerprint density at radius 1 is 1.25 bits per heavy atom. The molecule has 2 rings (SSSR count). The van der Waals surface area contributed by atoms with Crippen LogP contribution in [-0.2, 0) is 17.9 Å². The third-order valence-corrected chi connectivity index (χ3v) is 2.38. The van der Waals surface area contributed by atoms with Crippen LogP contribution in [0, 0.1) is 0 Å². The fourth-order valence-corrected chi connectivity index (χ4v) is 1.61. The maximum absolute atomic E-state index is 5.10. The predicted octanol–water partition coefficient (Wildman–Crippen LogP) is 2.77. The Morgan fingerprint density at radius 2 is 2.19 bits per heavy atom. The summed E-state index contributed by atoms with van der Waals surface area (Å²) in [4.78, 5) is 3.16. The molecule has 0 saturated carbocycles. The van der Waals surface area contributed by atoms with E-state index in [0.717, 1.165) is 12.2 Å². The van der Waals surface area contributed by atoms with Crippen LogP contribution in [0.3, 0.4) is 0 Å². The molecule has 2 N–H and O–H groups in total. The quantitative estimate of drug-likeness (QED) is 0.806. The van der Waals surface area contributed by atoms with Gasteiger partial charge in [0.1, 0.15) is 0 Å². The Bertz CT molecular complexity index is 423. The van der Waals surface area contributed by atoms with Gasteiger partial charge in [-0.05, 0) is 29.8 Å². The summed E-state index contributed by atoms with van der Waals surface area (Å²) in [5.74, 6) is 0. The van der Waals surface area contributed by atoms with Gasteiger partial charge < -0.3 is 15.0 Å². The maximum Gasteiger partial charge on any atom is 0.0713 e. The lowest BCUT2D eigenvalue weighted by Gasteiger charge is -2.07. The van der Waals surface area contributed by atoms with Crippen LogP contribution in [-0.4, -0.2) is 12.1 Å². The van der Waals surface area contributed by atoms with Crippen LogP contribution < -0.4 is 5.32 Å². The normalized spacial score (nSPS) is 10.3. The molecule has 84 valence electrons. The Hall–Kier alpha value is -1.74. The van der Waals surface area contributed by atoms with Crippen molar-refractivity contribution in [3.8, 4) is 0 Å². The molecule has 1 aromatic carbocycles. The fraction of sp³-hybridized carbons (Fsp3) is 0.231. The first-order valence-corrected chi connectivity index (χ1v) is 5.32. The van der Waals surface area contributed by atoms with Crippen LogP contribution in [0.25, 0.3) is 0 Å². The average Bonchev–Trinajstić information content (AvgIpc) is 2.80. The minimum atomic E-state index is 0.651. The van der Waals surface area contributed by atoms with Crippen LogP contribution in [0.5, 0.6) is 0 Å².